The highest BCUT2D eigenvalue weighted by atomic mass is 16.3. The summed E-state index contributed by atoms with van der Waals surface area (Å²) in [5.41, 5.74) is 0.954. The Kier molecular flexibility index (Phi) is 3.25. The number of pyridine rings is 1. The summed E-state index contributed by atoms with van der Waals surface area (Å²) in [5, 5.41) is 3.41. The Morgan fingerprint density at radius 3 is 2.79 bits per heavy atom. The molecule has 19 heavy (non-hydrogen) atoms. The first-order chi connectivity index (χ1) is 9.22. The Bertz CT molecular complexity index is 623. The van der Waals surface area contributed by atoms with Gasteiger partial charge >= 0.3 is 0 Å². The molecule has 2 aromatic heterocycles. The van der Waals surface area contributed by atoms with E-state index in [1.54, 1.807) is 16.7 Å². The van der Waals surface area contributed by atoms with Crippen LogP contribution in [0.3, 0.4) is 0 Å². The standard InChI is InChI=1S/C15H18N2O2/c1-11-3-2-4-15(18)17(11)10-14-8-7-13(19-14)9-16-12-5-6-12/h2-4,7-8,12,16H,5-6,9-10H2,1H3. The predicted octanol–water partition coefficient (Wildman–Crippen LogP) is 2.05. The van der Waals surface area contributed by atoms with E-state index in [0.29, 0.717) is 12.6 Å². The van der Waals surface area contributed by atoms with Crippen LogP contribution in [0.15, 0.2) is 39.5 Å². The van der Waals surface area contributed by atoms with Crippen molar-refractivity contribution in [3.05, 3.63) is 57.9 Å². The minimum atomic E-state index is 0.00838. The van der Waals surface area contributed by atoms with Gasteiger partial charge in [0.25, 0.3) is 5.56 Å². The first-order valence-corrected chi connectivity index (χ1v) is 6.70. The second kappa shape index (κ2) is 5.05. The zero-order chi connectivity index (χ0) is 13.2. The van der Waals surface area contributed by atoms with Gasteiger partial charge in [-0.05, 0) is 38.0 Å². The van der Waals surface area contributed by atoms with Crippen molar-refractivity contribution in [1.82, 2.24) is 9.88 Å². The quantitative estimate of drug-likeness (QED) is 0.893. The normalized spacial score (nSPS) is 14.8. The van der Waals surface area contributed by atoms with Crippen molar-refractivity contribution in [1.29, 1.82) is 0 Å². The molecule has 0 bridgehead atoms. The number of nitrogens with one attached hydrogen (secondary N) is 1. The van der Waals surface area contributed by atoms with Crippen LogP contribution in [0.4, 0.5) is 0 Å². The summed E-state index contributed by atoms with van der Waals surface area (Å²) < 4.78 is 7.47. The van der Waals surface area contributed by atoms with E-state index in [4.69, 9.17) is 4.42 Å². The van der Waals surface area contributed by atoms with Crippen LogP contribution in [-0.4, -0.2) is 10.6 Å². The number of rotatable bonds is 5. The van der Waals surface area contributed by atoms with Gasteiger partial charge in [-0.1, -0.05) is 6.07 Å². The molecular formula is C15H18N2O2. The van der Waals surface area contributed by atoms with Gasteiger partial charge < -0.3 is 14.3 Å². The van der Waals surface area contributed by atoms with Crippen LogP contribution in [0.5, 0.6) is 0 Å². The van der Waals surface area contributed by atoms with Crippen LogP contribution >= 0.6 is 0 Å². The first kappa shape index (κ1) is 12.2. The zero-order valence-electron chi connectivity index (χ0n) is 11.1. The third-order valence-electron chi connectivity index (χ3n) is 3.44. The molecule has 0 aromatic carbocycles. The number of aryl methyl sites for hydroxylation is 1. The molecule has 1 saturated carbocycles. The van der Waals surface area contributed by atoms with Crippen LogP contribution in [0.1, 0.15) is 30.1 Å². The fourth-order valence-electron chi connectivity index (χ4n) is 2.12. The average Bonchev–Trinajstić information content (AvgIpc) is 3.11. The molecule has 0 radical (unpaired) electrons. The van der Waals surface area contributed by atoms with Crippen molar-refractivity contribution in [3.8, 4) is 0 Å². The average molecular weight is 258 g/mol. The minimum Gasteiger partial charge on any atom is -0.463 e. The van der Waals surface area contributed by atoms with Crippen LogP contribution in [0.25, 0.3) is 0 Å². The molecule has 0 unspecified atom stereocenters. The van der Waals surface area contributed by atoms with Crippen LogP contribution < -0.4 is 10.9 Å². The third-order valence-corrected chi connectivity index (χ3v) is 3.44. The molecule has 0 atom stereocenters. The molecule has 3 rings (SSSR count). The molecule has 1 N–H and O–H groups in total. The summed E-state index contributed by atoms with van der Waals surface area (Å²) in [4.78, 5) is 11.8. The second-order valence-corrected chi connectivity index (χ2v) is 5.11. The van der Waals surface area contributed by atoms with E-state index in [9.17, 15) is 4.79 Å². The van der Waals surface area contributed by atoms with Crippen LogP contribution in [-0.2, 0) is 13.1 Å². The lowest BCUT2D eigenvalue weighted by Gasteiger charge is -2.07. The molecule has 1 fully saturated rings. The highest BCUT2D eigenvalue weighted by Gasteiger charge is 2.20. The number of aromatic nitrogens is 1. The lowest BCUT2D eigenvalue weighted by atomic mass is 10.3. The van der Waals surface area contributed by atoms with Crippen molar-refractivity contribution in [2.75, 3.05) is 0 Å². The van der Waals surface area contributed by atoms with Crippen molar-refractivity contribution in [2.24, 2.45) is 0 Å². The minimum absolute atomic E-state index is 0.00838. The Labute approximate surface area is 112 Å². The van der Waals surface area contributed by atoms with E-state index >= 15 is 0 Å². The topological polar surface area (TPSA) is 47.2 Å². The van der Waals surface area contributed by atoms with Crippen LogP contribution in [0.2, 0.25) is 0 Å². The van der Waals surface area contributed by atoms with Crippen molar-refractivity contribution in [2.45, 2.75) is 38.9 Å². The molecule has 1 aliphatic carbocycles. The first-order valence-electron chi connectivity index (χ1n) is 6.70. The van der Waals surface area contributed by atoms with Gasteiger partial charge in [-0.3, -0.25) is 4.79 Å². The molecule has 100 valence electrons. The molecule has 0 spiro atoms. The van der Waals surface area contributed by atoms with E-state index in [1.165, 1.54) is 12.8 Å². The van der Waals surface area contributed by atoms with Gasteiger partial charge in [0.2, 0.25) is 0 Å². The molecule has 4 heteroatoms. The van der Waals surface area contributed by atoms with Gasteiger partial charge in [0.15, 0.2) is 0 Å². The largest absolute Gasteiger partial charge is 0.463 e. The number of furan rings is 1. The van der Waals surface area contributed by atoms with Crippen molar-refractivity contribution >= 4 is 0 Å². The summed E-state index contributed by atoms with van der Waals surface area (Å²) >= 11 is 0. The Morgan fingerprint density at radius 1 is 1.26 bits per heavy atom. The SMILES string of the molecule is Cc1cccc(=O)n1Cc1ccc(CNC2CC2)o1. The lowest BCUT2D eigenvalue weighted by Crippen LogP contribution is -2.21. The molecule has 4 nitrogen and oxygen atoms in total. The van der Waals surface area contributed by atoms with Gasteiger partial charge in [-0.2, -0.15) is 0 Å². The van der Waals surface area contributed by atoms with E-state index in [1.807, 2.05) is 25.1 Å². The van der Waals surface area contributed by atoms with Crippen molar-refractivity contribution < 1.29 is 4.42 Å². The van der Waals surface area contributed by atoms with Crippen LogP contribution in [0, 0.1) is 6.92 Å². The smallest absolute Gasteiger partial charge is 0.251 e. The summed E-state index contributed by atoms with van der Waals surface area (Å²) in [7, 11) is 0. The summed E-state index contributed by atoms with van der Waals surface area (Å²) in [5.74, 6) is 1.76. The molecule has 0 saturated heterocycles. The molecule has 0 amide bonds. The summed E-state index contributed by atoms with van der Waals surface area (Å²) in [6.07, 6.45) is 2.54. The third kappa shape index (κ3) is 2.96. The van der Waals surface area contributed by atoms with E-state index in [0.717, 1.165) is 23.8 Å². The number of hydrogen-bond acceptors (Lipinski definition) is 3. The summed E-state index contributed by atoms with van der Waals surface area (Å²) in [6.45, 7) is 3.20. The highest BCUT2D eigenvalue weighted by Crippen LogP contribution is 2.19. The Hall–Kier alpha value is -1.81. The van der Waals surface area contributed by atoms with E-state index < -0.39 is 0 Å². The number of nitrogens with zero attached hydrogens (tertiary/aromatic N) is 1. The summed E-state index contributed by atoms with van der Waals surface area (Å²) in [6, 6.07) is 9.89. The van der Waals surface area contributed by atoms with Gasteiger partial charge in [0.05, 0.1) is 13.1 Å². The van der Waals surface area contributed by atoms with E-state index in [-0.39, 0.29) is 5.56 Å². The maximum absolute atomic E-state index is 11.8. The number of hydrogen-bond donors (Lipinski definition) is 1. The van der Waals surface area contributed by atoms with Gasteiger partial charge in [0, 0.05) is 17.8 Å². The monoisotopic (exact) mass is 258 g/mol. The Balaban J connectivity index is 1.70. The molecule has 2 heterocycles. The fourth-order valence-corrected chi connectivity index (χ4v) is 2.12. The van der Waals surface area contributed by atoms with Gasteiger partial charge in [0.1, 0.15) is 11.5 Å². The van der Waals surface area contributed by atoms with Crippen molar-refractivity contribution in [3.63, 3.8) is 0 Å². The second-order valence-electron chi connectivity index (χ2n) is 5.11. The fraction of sp³-hybridized carbons (Fsp3) is 0.400. The maximum atomic E-state index is 11.8. The lowest BCUT2D eigenvalue weighted by molar-refractivity contribution is 0.433. The zero-order valence-corrected chi connectivity index (χ0v) is 11.1. The molecule has 2 aromatic rings. The maximum Gasteiger partial charge on any atom is 0.251 e. The predicted molar refractivity (Wildman–Crippen MR) is 73.1 cm³/mol. The van der Waals surface area contributed by atoms with Gasteiger partial charge in [-0.25, -0.2) is 0 Å². The molecule has 0 aliphatic heterocycles. The molecular weight excluding hydrogens is 240 g/mol. The Morgan fingerprint density at radius 2 is 2.05 bits per heavy atom. The molecule has 1 aliphatic rings. The van der Waals surface area contributed by atoms with Gasteiger partial charge in [-0.15, -0.1) is 0 Å². The highest BCUT2D eigenvalue weighted by molar-refractivity contribution is 5.11. The van der Waals surface area contributed by atoms with E-state index in [2.05, 4.69) is 5.32 Å².